The van der Waals surface area contributed by atoms with Gasteiger partial charge in [0.2, 0.25) is 15.9 Å². The third kappa shape index (κ3) is 12.2. The summed E-state index contributed by atoms with van der Waals surface area (Å²) in [5.74, 6) is 0.636. The van der Waals surface area contributed by atoms with Crippen LogP contribution in [-0.2, 0) is 32.4 Å². The lowest BCUT2D eigenvalue weighted by Crippen LogP contribution is -2.32. The number of aromatic nitrogens is 2. The number of carbonyl (C=O) groups is 1. The van der Waals surface area contributed by atoms with Crippen molar-refractivity contribution in [2.45, 2.75) is 116 Å². The third-order valence-electron chi connectivity index (χ3n) is 6.87. The average Bonchev–Trinajstić information content (AvgIpc) is 3.71. The Morgan fingerprint density at radius 2 is 1.42 bits per heavy atom. The van der Waals surface area contributed by atoms with Crippen LogP contribution in [0.4, 0.5) is 0 Å². The Morgan fingerprint density at radius 1 is 0.837 bits per heavy atom. The van der Waals surface area contributed by atoms with Crippen molar-refractivity contribution in [2.24, 2.45) is 5.92 Å². The Labute approximate surface area is 258 Å². The zero-order chi connectivity index (χ0) is 31.4. The molecule has 43 heavy (non-hydrogen) atoms. The van der Waals surface area contributed by atoms with Crippen LogP contribution in [0.2, 0.25) is 0 Å². The Morgan fingerprint density at radius 3 is 1.95 bits per heavy atom. The van der Waals surface area contributed by atoms with Crippen molar-refractivity contribution >= 4 is 27.0 Å². The van der Waals surface area contributed by atoms with E-state index in [0.29, 0.717) is 5.88 Å². The molecule has 2 aliphatic carbocycles. The van der Waals surface area contributed by atoms with Crippen LogP contribution in [0.5, 0.6) is 5.88 Å². The van der Waals surface area contributed by atoms with E-state index in [9.17, 15) is 13.2 Å². The number of carbonyl (C=O) groups excluding carboxylic acids is 1. The number of aryl methyl sites for hydroxylation is 2. The van der Waals surface area contributed by atoms with E-state index in [2.05, 4.69) is 34.0 Å². The summed E-state index contributed by atoms with van der Waals surface area (Å²) < 4.78 is 35.8. The molecular formula is C34H49N3O5S. The minimum absolute atomic E-state index is 0.0237. The fraction of sp³-hybridized carbons (Fsp3) is 0.559. The lowest BCUT2D eigenvalue weighted by molar-refractivity contribution is -0.152. The fourth-order valence-electron chi connectivity index (χ4n) is 4.52. The molecule has 2 fully saturated rings. The van der Waals surface area contributed by atoms with Gasteiger partial charge in [-0.1, -0.05) is 56.3 Å². The zero-order valence-electron chi connectivity index (χ0n) is 26.6. The Kier molecular flexibility index (Phi) is 13.4. The Hall–Kier alpha value is -3.04. The van der Waals surface area contributed by atoms with Crippen LogP contribution >= 0.6 is 0 Å². The quantitative estimate of drug-likeness (QED) is 0.251. The van der Waals surface area contributed by atoms with Crippen LogP contribution in [0.1, 0.15) is 91.3 Å². The summed E-state index contributed by atoms with van der Waals surface area (Å²) in [4.78, 5) is 20.5. The maximum Gasteiger partial charge on any atom is 0.308 e. The predicted octanol–water partition coefficient (Wildman–Crippen LogP) is 6.81. The topological polar surface area (TPSA) is 107 Å². The SMILES string of the molecule is CC(C)C(=O)OC1CCCC1.CC(C)NS(=O)(=O)C1CC1.CC(C)Oc1nc2ccccc2nc1CCc1ccccc1. The first-order valence-electron chi connectivity index (χ1n) is 15.6. The summed E-state index contributed by atoms with van der Waals surface area (Å²) >= 11 is 0. The van der Waals surface area contributed by atoms with Gasteiger partial charge in [-0.3, -0.25) is 4.79 Å². The van der Waals surface area contributed by atoms with E-state index in [1.165, 1.54) is 18.4 Å². The molecule has 2 aliphatic rings. The van der Waals surface area contributed by atoms with Gasteiger partial charge in [-0.05, 0) is 96.8 Å². The molecule has 0 radical (unpaired) electrons. The smallest absolute Gasteiger partial charge is 0.308 e. The second-order valence-corrected chi connectivity index (χ2v) is 14.1. The van der Waals surface area contributed by atoms with Crippen LogP contribution in [-0.4, -0.2) is 47.9 Å². The number of sulfonamides is 1. The highest BCUT2D eigenvalue weighted by atomic mass is 32.2. The van der Waals surface area contributed by atoms with Gasteiger partial charge in [-0.2, -0.15) is 0 Å². The molecule has 8 nitrogen and oxygen atoms in total. The zero-order valence-corrected chi connectivity index (χ0v) is 27.4. The first-order chi connectivity index (χ1) is 20.4. The normalized spacial score (nSPS) is 15.2. The molecule has 0 bridgehead atoms. The van der Waals surface area contributed by atoms with Crippen molar-refractivity contribution < 1.29 is 22.7 Å². The second kappa shape index (κ2) is 16.7. The standard InChI is InChI=1S/C19H20N2O.C9H16O2.C6H13NO2S/c1-14(2)22-19-18(13-12-15-8-4-3-5-9-15)20-16-10-6-7-11-17(16)21-19;1-7(2)9(10)11-8-5-3-4-6-8;1-5(2)7-10(8,9)6-3-4-6/h3-11,14H,12-13H2,1-2H3;7-8H,3-6H2,1-2H3;5-7H,3-4H2,1-2H3. The molecule has 0 aliphatic heterocycles. The van der Waals surface area contributed by atoms with Gasteiger partial charge < -0.3 is 9.47 Å². The van der Waals surface area contributed by atoms with Crippen LogP contribution < -0.4 is 9.46 Å². The van der Waals surface area contributed by atoms with Crippen LogP contribution in [0.25, 0.3) is 11.0 Å². The maximum atomic E-state index is 11.1. The largest absolute Gasteiger partial charge is 0.474 e. The minimum Gasteiger partial charge on any atom is -0.474 e. The van der Waals surface area contributed by atoms with Crippen LogP contribution in [0.3, 0.4) is 0 Å². The summed E-state index contributed by atoms with van der Waals surface area (Å²) in [5, 5.41) is -0.0881. The summed E-state index contributed by atoms with van der Waals surface area (Å²) in [6, 6.07) is 18.4. The van der Waals surface area contributed by atoms with Gasteiger partial charge in [-0.25, -0.2) is 23.1 Å². The number of ether oxygens (including phenoxy) is 2. The van der Waals surface area contributed by atoms with E-state index in [0.717, 1.165) is 55.3 Å². The van der Waals surface area contributed by atoms with E-state index in [4.69, 9.17) is 14.5 Å². The first kappa shape index (κ1) is 34.5. The molecule has 1 heterocycles. The molecule has 2 aromatic carbocycles. The molecule has 5 rings (SSSR count). The number of hydrogen-bond acceptors (Lipinski definition) is 7. The van der Waals surface area contributed by atoms with Crippen molar-refractivity contribution in [1.29, 1.82) is 0 Å². The van der Waals surface area contributed by atoms with Crippen molar-refractivity contribution in [2.75, 3.05) is 0 Å². The molecule has 2 saturated carbocycles. The Balaban J connectivity index is 0.000000201. The number of nitrogens with zero attached hydrogens (tertiary/aromatic N) is 2. The second-order valence-electron chi connectivity index (χ2n) is 12.1. The lowest BCUT2D eigenvalue weighted by atomic mass is 10.1. The molecule has 3 aromatic rings. The molecule has 1 aromatic heterocycles. The maximum absolute atomic E-state index is 11.1. The number of nitrogens with one attached hydrogen (secondary N) is 1. The number of fused-ring (bicyclic) bond motifs is 1. The first-order valence-corrected chi connectivity index (χ1v) is 17.2. The molecule has 0 unspecified atom stereocenters. The minimum atomic E-state index is -2.94. The van der Waals surface area contributed by atoms with Gasteiger partial charge in [0, 0.05) is 6.04 Å². The Bertz CT molecular complexity index is 1380. The number of hydrogen-bond donors (Lipinski definition) is 1. The number of para-hydroxylation sites is 2. The molecule has 0 atom stereocenters. The van der Waals surface area contributed by atoms with Crippen molar-refractivity contribution in [1.82, 2.24) is 14.7 Å². The van der Waals surface area contributed by atoms with Crippen molar-refractivity contribution in [3.63, 3.8) is 0 Å². The van der Waals surface area contributed by atoms with E-state index in [1.807, 2.05) is 71.9 Å². The van der Waals surface area contributed by atoms with E-state index < -0.39 is 10.0 Å². The molecular weight excluding hydrogens is 562 g/mol. The monoisotopic (exact) mass is 611 g/mol. The predicted molar refractivity (Wildman–Crippen MR) is 173 cm³/mol. The number of benzene rings is 2. The number of esters is 1. The van der Waals surface area contributed by atoms with Crippen LogP contribution in [0, 0.1) is 5.92 Å². The summed E-state index contributed by atoms with van der Waals surface area (Å²) in [6.07, 6.45) is 8.31. The molecule has 0 amide bonds. The lowest BCUT2D eigenvalue weighted by Gasteiger charge is -2.13. The summed E-state index contributed by atoms with van der Waals surface area (Å²) in [5.41, 5.74) is 4.02. The third-order valence-corrected chi connectivity index (χ3v) is 9.02. The van der Waals surface area contributed by atoms with Gasteiger partial charge in [0.25, 0.3) is 0 Å². The van der Waals surface area contributed by atoms with Gasteiger partial charge in [-0.15, -0.1) is 0 Å². The van der Waals surface area contributed by atoms with Crippen LogP contribution in [0.15, 0.2) is 54.6 Å². The van der Waals surface area contributed by atoms with Crippen molar-refractivity contribution in [3.05, 3.63) is 65.9 Å². The van der Waals surface area contributed by atoms with E-state index in [-0.39, 0.29) is 35.4 Å². The van der Waals surface area contributed by atoms with Gasteiger partial charge in [0.1, 0.15) is 11.8 Å². The average molecular weight is 612 g/mol. The summed E-state index contributed by atoms with van der Waals surface area (Å²) in [7, 11) is -2.94. The van der Waals surface area contributed by atoms with E-state index >= 15 is 0 Å². The van der Waals surface area contributed by atoms with E-state index in [1.54, 1.807) is 0 Å². The highest BCUT2D eigenvalue weighted by Gasteiger charge is 2.35. The highest BCUT2D eigenvalue weighted by Crippen LogP contribution is 2.27. The molecule has 0 saturated heterocycles. The van der Waals surface area contributed by atoms with Gasteiger partial charge in [0.05, 0.1) is 28.3 Å². The molecule has 0 spiro atoms. The molecule has 9 heteroatoms. The molecule has 1 N–H and O–H groups in total. The van der Waals surface area contributed by atoms with Gasteiger partial charge in [0.15, 0.2) is 0 Å². The summed E-state index contributed by atoms with van der Waals surface area (Å²) in [6.45, 7) is 11.4. The fourth-order valence-corrected chi connectivity index (χ4v) is 6.12. The molecule has 236 valence electrons. The van der Waals surface area contributed by atoms with Crippen molar-refractivity contribution in [3.8, 4) is 5.88 Å². The number of rotatable bonds is 10. The van der Waals surface area contributed by atoms with Gasteiger partial charge >= 0.3 is 5.97 Å². The highest BCUT2D eigenvalue weighted by molar-refractivity contribution is 7.90.